The van der Waals surface area contributed by atoms with Gasteiger partial charge in [-0.15, -0.1) is 0 Å². The molecular formula is C23H29F3N2O. The number of rotatable bonds is 7. The predicted octanol–water partition coefficient (Wildman–Crippen LogP) is 5.17. The van der Waals surface area contributed by atoms with Crippen molar-refractivity contribution >= 4 is 0 Å². The zero-order valence-corrected chi connectivity index (χ0v) is 17.1. The Bertz CT molecular complexity index is 763. The first-order chi connectivity index (χ1) is 13.8. The lowest BCUT2D eigenvalue weighted by atomic mass is 9.95. The van der Waals surface area contributed by atoms with E-state index in [2.05, 4.69) is 10.2 Å². The van der Waals surface area contributed by atoms with Crippen molar-refractivity contribution in [1.29, 1.82) is 0 Å². The van der Waals surface area contributed by atoms with Gasteiger partial charge < -0.3 is 10.1 Å². The van der Waals surface area contributed by atoms with Crippen LogP contribution in [0.3, 0.4) is 0 Å². The summed E-state index contributed by atoms with van der Waals surface area (Å²) in [7, 11) is 0. The molecule has 0 amide bonds. The van der Waals surface area contributed by atoms with E-state index in [0.717, 1.165) is 54.2 Å². The van der Waals surface area contributed by atoms with E-state index in [0.29, 0.717) is 6.61 Å². The zero-order chi connectivity index (χ0) is 20.9. The molecule has 0 aromatic heterocycles. The molecule has 0 aliphatic carbocycles. The fourth-order valence-corrected chi connectivity index (χ4v) is 3.99. The van der Waals surface area contributed by atoms with Gasteiger partial charge in [-0.05, 0) is 42.5 Å². The Kier molecular flexibility index (Phi) is 7.19. The average Bonchev–Trinajstić information content (AvgIpc) is 2.68. The average molecular weight is 406 g/mol. The standard InChI is InChI=1S/C23H29F3N2O/c1-17-14-20(15-18(2)22(17)29-16-19-6-4-3-5-7-19)21(8-9-23(24,25)26)28-12-10-27-11-13-28/h3-7,14-15,21,27H,8-13,16H2,1-2H3/t21-/m0/s1. The number of nitrogens with zero attached hydrogens (tertiary/aromatic N) is 1. The van der Waals surface area contributed by atoms with E-state index in [9.17, 15) is 13.2 Å². The summed E-state index contributed by atoms with van der Waals surface area (Å²) in [6.07, 6.45) is -4.84. The highest BCUT2D eigenvalue weighted by Gasteiger charge is 2.31. The van der Waals surface area contributed by atoms with Crippen molar-refractivity contribution in [2.45, 2.75) is 45.5 Å². The van der Waals surface area contributed by atoms with Gasteiger partial charge in [-0.3, -0.25) is 4.90 Å². The van der Waals surface area contributed by atoms with Gasteiger partial charge in [0.05, 0.1) is 0 Å². The zero-order valence-electron chi connectivity index (χ0n) is 17.1. The smallest absolute Gasteiger partial charge is 0.389 e. The summed E-state index contributed by atoms with van der Waals surface area (Å²) in [6.45, 7) is 7.53. The van der Waals surface area contributed by atoms with Gasteiger partial charge in [0.2, 0.25) is 0 Å². The van der Waals surface area contributed by atoms with E-state index in [4.69, 9.17) is 4.74 Å². The SMILES string of the molecule is Cc1cc([C@H](CCC(F)(F)F)N2CCNCC2)cc(C)c1OCc1ccccc1. The number of piperazine rings is 1. The number of aryl methyl sites for hydroxylation is 2. The first kappa shape index (κ1) is 21.7. The maximum absolute atomic E-state index is 12.9. The van der Waals surface area contributed by atoms with Crippen molar-refractivity contribution in [3.8, 4) is 5.75 Å². The van der Waals surface area contributed by atoms with E-state index in [1.54, 1.807) is 0 Å². The molecule has 1 aliphatic rings. The van der Waals surface area contributed by atoms with Crippen molar-refractivity contribution in [3.05, 3.63) is 64.7 Å². The minimum absolute atomic E-state index is 0.0760. The molecule has 1 fully saturated rings. The molecule has 0 radical (unpaired) electrons. The lowest BCUT2D eigenvalue weighted by Gasteiger charge is -2.36. The van der Waals surface area contributed by atoms with Gasteiger partial charge in [0.1, 0.15) is 12.4 Å². The van der Waals surface area contributed by atoms with Crippen molar-refractivity contribution < 1.29 is 17.9 Å². The molecule has 29 heavy (non-hydrogen) atoms. The molecule has 2 aromatic carbocycles. The molecule has 158 valence electrons. The van der Waals surface area contributed by atoms with Crippen LogP contribution in [0.2, 0.25) is 0 Å². The molecule has 1 N–H and O–H groups in total. The predicted molar refractivity (Wildman–Crippen MR) is 109 cm³/mol. The summed E-state index contributed by atoms with van der Waals surface area (Å²) in [4.78, 5) is 2.17. The van der Waals surface area contributed by atoms with Gasteiger partial charge in [-0.1, -0.05) is 42.5 Å². The monoisotopic (exact) mass is 406 g/mol. The maximum Gasteiger partial charge on any atom is 0.389 e. The number of hydrogen-bond donors (Lipinski definition) is 1. The van der Waals surface area contributed by atoms with Crippen LogP contribution in [-0.4, -0.2) is 37.3 Å². The van der Waals surface area contributed by atoms with Gasteiger partial charge in [0.15, 0.2) is 0 Å². The van der Waals surface area contributed by atoms with Gasteiger partial charge in [-0.2, -0.15) is 13.2 Å². The van der Waals surface area contributed by atoms with Crippen LogP contribution in [0.5, 0.6) is 5.75 Å². The van der Waals surface area contributed by atoms with Crippen LogP contribution in [-0.2, 0) is 6.61 Å². The van der Waals surface area contributed by atoms with Crippen LogP contribution in [0.4, 0.5) is 13.2 Å². The Balaban J connectivity index is 1.80. The molecule has 3 nitrogen and oxygen atoms in total. The number of alkyl halides is 3. The van der Waals surface area contributed by atoms with Crippen LogP contribution in [0.1, 0.15) is 41.1 Å². The molecule has 0 bridgehead atoms. The van der Waals surface area contributed by atoms with Gasteiger partial charge in [0.25, 0.3) is 0 Å². The maximum atomic E-state index is 12.9. The number of benzene rings is 2. The van der Waals surface area contributed by atoms with Gasteiger partial charge in [0, 0.05) is 38.6 Å². The molecule has 2 aromatic rings. The van der Waals surface area contributed by atoms with E-state index < -0.39 is 12.6 Å². The highest BCUT2D eigenvalue weighted by molar-refractivity contribution is 5.44. The quantitative estimate of drug-likeness (QED) is 0.686. The lowest BCUT2D eigenvalue weighted by molar-refractivity contribution is -0.138. The van der Waals surface area contributed by atoms with Crippen LogP contribution in [0.15, 0.2) is 42.5 Å². The second-order valence-corrected chi connectivity index (χ2v) is 7.71. The van der Waals surface area contributed by atoms with Crippen LogP contribution >= 0.6 is 0 Å². The third-order valence-corrected chi connectivity index (χ3v) is 5.39. The Hall–Kier alpha value is -2.05. The minimum atomic E-state index is -4.14. The van der Waals surface area contributed by atoms with E-state index in [-0.39, 0.29) is 12.5 Å². The molecule has 1 atom stereocenters. The molecule has 1 heterocycles. The number of nitrogens with one attached hydrogen (secondary N) is 1. The molecule has 0 saturated carbocycles. The van der Waals surface area contributed by atoms with Crippen LogP contribution in [0.25, 0.3) is 0 Å². The Morgan fingerprint density at radius 3 is 2.24 bits per heavy atom. The number of hydrogen-bond acceptors (Lipinski definition) is 3. The molecule has 1 saturated heterocycles. The Morgan fingerprint density at radius 2 is 1.66 bits per heavy atom. The van der Waals surface area contributed by atoms with Crippen molar-refractivity contribution in [1.82, 2.24) is 10.2 Å². The molecular weight excluding hydrogens is 377 g/mol. The van der Waals surface area contributed by atoms with Crippen LogP contribution in [0, 0.1) is 13.8 Å². The first-order valence-electron chi connectivity index (χ1n) is 10.1. The van der Waals surface area contributed by atoms with E-state index in [1.807, 2.05) is 56.3 Å². The number of halogens is 3. The van der Waals surface area contributed by atoms with E-state index >= 15 is 0 Å². The molecule has 1 aliphatic heterocycles. The third-order valence-electron chi connectivity index (χ3n) is 5.39. The van der Waals surface area contributed by atoms with Crippen molar-refractivity contribution in [3.63, 3.8) is 0 Å². The summed E-state index contributed by atoms with van der Waals surface area (Å²) < 4.78 is 44.8. The fraction of sp³-hybridized carbons (Fsp3) is 0.478. The first-order valence-corrected chi connectivity index (χ1v) is 10.1. The highest BCUT2D eigenvalue weighted by Crippen LogP contribution is 2.35. The van der Waals surface area contributed by atoms with Crippen molar-refractivity contribution in [2.24, 2.45) is 0 Å². The highest BCUT2D eigenvalue weighted by atomic mass is 19.4. The van der Waals surface area contributed by atoms with Crippen molar-refractivity contribution in [2.75, 3.05) is 26.2 Å². The lowest BCUT2D eigenvalue weighted by Crippen LogP contribution is -2.45. The largest absolute Gasteiger partial charge is 0.488 e. The summed E-state index contributed by atoms with van der Waals surface area (Å²) in [6, 6.07) is 13.7. The summed E-state index contributed by atoms with van der Waals surface area (Å²) in [5.74, 6) is 0.812. The Morgan fingerprint density at radius 1 is 1.03 bits per heavy atom. The number of ether oxygens (including phenoxy) is 1. The third kappa shape index (κ3) is 6.21. The second-order valence-electron chi connectivity index (χ2n) is 7.71. The molecule has 6 heteroatoms. The Labute approximate surface area is 170 Å². The molecule has 0 spiro atoms. The van der Waals surface area contributed by atoms with E-state index in [1.165, 1.54) is 0 Å². The summed E-state index contributed by atoms with van der Waals surface area (Å²) >= 11 is 0. The summed E-state index contributed by atoms with van der Waals surface area (Å²) in [5.41, 5.74) is 3.95. The topological polar surface area (TPSA) is 24.5 Å². The molecule has 0 unspecified atom stereocenters. The summed E-state index contributed by atoms with van der Waals surface area (Å²) in [5, 5.41) is 3.27. The van der Waals surface area contributed by atoms with Crippen LogP contribution < -0.4 is 10.1 Å². The van der Waals surface area contributed by atoms with Gasteiger partial charge in [-0.25, -0.2) is 0 Å². The fourth-order valence-electron chi connectivity index (χ4n) is 3.99. The minimum Gasteiger partial charge on any atom is -0.488 e. The molecule has 3 rings (SSSR count). The normalized spacial score (nSPS) is 16.6. The second kappa shape index (κ2) is 9.63. The van der Waals surface area contributed by atoms with Gasteiger partial charge >= 0.3 is 6.18 Å².